The van der Waals surface area contributed by atoms with Crippen molar-refractivity contribution >= 4 is 0 Å². The van der Waals surface area contributed by atoms with E-state index in [2.05, 4.69) is 35.3 Å². The van der Waals surface area contributed by atoms with Crippen LogP contribution in [0.4, 0.5) is 0 Å². The summed E-state index contributed by atoms with van der Waals surface area (Å²) in [5.74, 6) is 1.06. The van der Waals surface area contributed by atoms with Crippen molar-refractivity contribution in [2.24, 2.45) is 0 Å². The Labute approximate surface area is 110 Å². The third-order valence-corrected chi connectivity index (χ3v) is 3.71. The van der Waals surface area contributed by atoms with Crippen LogP contribution in [0.5, 0.6) is 0 Å². The normalized spacial score (nSPS) is 21.0. The van der Waals surface area contributed by atoms with Crippen molar-refractivity contribution in [2.75, 3.05) is 34.2 Å². The second kappa shape index (κ2) is 6.36. The summed E-state index contributed by atoms with van der Waals surface area (Å²) in [6.45, 7) is 4.14. The molecule has 0 bridgehead atoms. The lowest BCUT2D eigenvalue weighted by molar-refractivity contribution is 0.206. The van der Waals surface area contributed by atoms with Gasteiger partial charge in [0, 0.05) is 24.7 Å². The van der Waals surface area contributed by atoms with E-state index in [1.165, 1.54) is 24.9 Å². The minimum atomic E-state index is 0.710. The molecule has 1 aliphatic rings. The Morgan fingerprint density at radius 1 is 1.56 bits per heavy atom. The summed E-state index contributed by atoms with van der Waals surface area (Å²) in [6, 6.07) is 2.85. The maximum Gasteiger partial charge on any atom is 0.118 e. The largest absolute Gasteiger partial charge is 0.468 e. The molecule has 0 spiro atoms. The maximum atomic E-state index is 5.58. The fourth-order valence-corrected chi connectivity index (χ4v) is 2.71. The molecule has 1 saturated heterocycles. The molecule has 0 radical (unpaired) electrons. The van der Waals surface area contributed by atoms with Gasteiger partial charge in [0.1, 0.15) is 5.76 Å². The van der Waals surface area contributed by atoms with Crippen LogP contribution in [-0.2, 0) is 13.1 Å². The van der Waals surface area contributed by atoms with Crippen LogP contribution in [-0.4, -0.2) is 50.1 Å². The fraction of sp³-hybridized carbons (Fsp3) is 0.714. The molecule has 1 aromatic rings. The average Bonchev–Trinajstić information content (AvgIpc) is 2.90. The number of nitrogens with one attached hydrogen (secondary N) is 1. The van der Waals surface area contributed by atoms with E-state index in [-0.39, 0.29) is 0 Å². The van der Waals surface area contributed by atoms with Gasteiger partial charge >= 0.3 is 0 Å². The third kappa shape index (κ3) is 3.57. The summed E-state index contributed by atoms with van der Waals surface area (Å²) >= 11 is 0. The van der Waals surface area contributed by atoms with E-state index < -0.39 is 0 Å². The van der Waals surface area contributed by atoms with E-state index in [1.54, 1.807) is 0 Å². The predicted molar refractivity (Wildman–Crippen MR) is 73.5 cm³/mol. The molecule has 1 aliphatic heterocycles. The van der Waals surface area contributed by atoms with Crippen LogP contribution in [0, 0.1) is 0 Å². The summed E-state index contributed by atoms with van der Waals surface area (Å²) in [4.78, 5) is 4.82. The van der Waals surface area contributed by atoms with Gasteiger partial charge in [0.15, 0.2) is 0 Å². The summed E-state index contributed by atoms with van der Waals surface area (Å²) in [6.07, 6.45) is 4.51. The topological polar surface area (TPSA) is 31.7 Å². The molecule has 18 heavy (non-hydrogen) atoms. The van der Waals surface area contributed by atoms with Crippen LogP contribution in [0.1, 0.15) is 24.2 Å². The molecule has 4 heteroatoms. The molecule has 1 atom stereocenters. The van der Waals surface area contributed by atoms with E-state index in [0.29, 0.717) is 6.04 Å². The first-order chi connectivity index (χ1) is 8.69. The highest BCUT2D eigenvalue weighted by Gasteiger charge is 2.22. The second-order valence-corrected chi connectivity index (χ2v) is 5.43. The van der Waals surface area contributed by atoms with E-state index in [9.17, 15) is 0 Å². The van der Waals surface area contributed by atoms with Gasteiger partial charge in [0.25, 0.3) is 0 Å². The molecular weight excluding hydrogens is 226 g/mol. The highest BCUT2D eigenvalue weighted by atomic mass is 16.3. The van der Waals surface area contributed by atoms with Crippen LogP contribution in [0.3, 0.4) is 0 Å². The first-order valence-electron chi connectivity index (χ1n) is 6.78. The fourth-order valence-electron chi connectivity index (χ4n) is 2.71. The monoisotopic (exact) mass is 251 g/mol. The number of likely N-dealkylation sites (tertiary alicyclic amines) is 1. The molecule has 0 aliphatic carbocycles. The second-order valence-electron chi connectivity index (χ2n) is 5.43. The van der Waals surface area contributed by atoms with Gasteiger partial charge in [-0.3, -0.25) is 4.90 Å². The van der Waals surface area contributed by atoms with Crippen LogP contribution in [0.25, 0.3) is 0 Å². The van der Waals surface area contributed by atoms with E-state index in [4.69, 9.17) is 4.42 Å². The Morgan fingerprint density at radius 2 is 2.39 bits per heavy atom. The maximum absolute atomic E-state index is 5.58. The van der Waals surface area contributed by atoms with Gasteiger partial charge in [-0.2, -0.15) is 0 Å². The molecule has 1 unspecified atom stereocenters. The zero-order valence-corrected chi connectivity index (χ0v) is 11.8. The lowest BCUT2D eigenvalue weighted by Gasteiger charge is -2.25. The Kier molecular flexibility index (Phi) is 4.80. The molecule has 1 fully saturated rings. The van der Waals surface area contributed by atoms with Gasteiger partial charge in [-0.05, 0) is 46.6 Å². The SMILES string of the molecule is CNCc1coc(CN(C)CC2CCCN2C)c1. The Balaban J connectivity index is 1.80. The molecule has 2 rings (SSSR count). The van der Waals surface area contributed by atoms with Crippen molar-refractivity contribution in [2.45, 2.75) is 32.0 Å². The van der Waals surface area contributed by atoms with Crippen molar-refractivity contribution in [3.05, 3.63) is 23.7 Å². The minimum Gasteiger partial charge on any atom is -0.468 e. The first kappa shape index (κ1) is 13.6. The van der Waals surface area contributed by atoms with E-state index >= 15 is 0 Å². The molecule has 4 nitrogen and oxygen atoms in total. The van der Waals surface area contributed by atoms with Crippen LogP contribution in [0.2, 0.25) is 0 Å². The minimum absolute atomic E-state index is 0.710. The van der Waals surface area contributed by atoms with Crippen LogP contribution in [0.15, 0.2) is 16.7 Å². The number of hydrogen-bond donors (Lipinski definition) is 1. The zero-order chi connectivity index (χ0) is 13.0. The highest BCUT2D eigenvalue weighted by molar-refractivity contribution is 5.12. The molecule has 0 saturated carbocycles. The number of likely N-dealkylation sites (N-methyl/N-ethyl adjacent to an activating group) is 2. The quantitative estimate of drug-likeness (QED) is 0.831. The average molecular weight is 251 g/mol. The van der Waals surface area contributed by atoms with Crippen molar-refractivity contribution in [1.82, 2.24) is 15.1 Å². The lowest BCUT2D eigenvalue weighted by Crippen LogP contribution is -2.36. The van der Waals surface area contributed by atoms with Gasteiger partial charge < -0.3 is 14.6 Å². The molecule has 0 amide bonds. The molecule has 1 aromatic heterocycles. The van der Waals surface area contributed by atoms with Gasteiger partial charge in [0.05, 0.1) is 12.8 Å². The smallest absolute Gasteiger partial charge is 0.118 e. The molecule has 0 aromatic carbocycles. The number of furan rings is 1. The first-order valence-corrected chi connectivity index (χ1v) is 6.78. The lowest BCUT2D eigenvalue weighted by atomic mass is 10.2. The van der Waals surface area contributed by atoms with Gasteiger partial charge in [-0.15, -0.1) is 0 Å². The molecule has 102 valence electrons. The zero-order valence-electron chi connectivity index (χ0n) is 11.8. The van der Waals surface area contributed by atoms with E-state index in [0.717, 1.165) is 25.4 Å². The summed E-state index contributed by atoms with van der Waals surface area (Å²) in [7, 11) is 6.35. The standard InChI is InChI=1S/C14H25N3O/c1-15-8-12-7-14(18-11-12)10-16(2)9-13-5-4-6-17(13)3/h7,11,13,15H,4-6,8-10H2,1-3H3. The number of rotatable bonds is 6. The van der Waals surface area contributed by atoms with Crippen molar-refractivity contribution < 1.29 is 4.42 Å². The van der Waals surface area contributed by atoms with Crippen molar-refractivity contribution in [1.29, 1.82) is 0 Å². The van der Waals surface area contributed by atoms with Crippen LogP contribution >= 0.6 is 0 Å². The van der Waals surface area contributed by atoms with Gasteiger partial charge in [0.2, 0.25) is 0 Å². The molecular formula is C14H25N3O. The Bertz CT molecular complexity index is 364. The van der Waals surface area contributed by atoms with Crippen molar-refractivity contribution in [3.63, 3.8) is 0 Å². The highest BCUT2D eigenvalue weighted by Crippen LogP contribution is 2.17. The third-order valence-electron chi connectivity index (χ3n) is 3.71. The van der Waals surface area contributed by atoms with Crippen LogP contribution < -0.4 is 5.32 Å². The summed E-state index contributed by atoms with van der Waals surface area (Å²) < 4.78 is 5.58. The number of hydrogen-bond acceptors (Lipinski definition) is 4. The van der Waals surface area contributed by atoms with E-state index in [1.807, 2.05) is 13.3 Å². The van der Waals surface area contributed by atoms with Gasteiger partial charge in [-0.25, -0.2) is 0 Å². The predicted octanol–water partition coefficient (Wildman–Crippen LogP) is 1.52. The Hall–Kier alpha value is -0.840. The summed E-state index contributed by atoms with van der Waals surface area (Å²) in [5, 5.41) is 3.13. The molecule has 1 N–H and O–H groups in total. The van der Waals surface area contributed by atoms with Gasteiger partial charge in [-0.1, -0.05) is 0 Å². The van der Waals surface area contributed by atoms with Crippen molar-refractivity contribution in [3.8, 4) is 0 Å². The number of nitrogens with zero attached hydrogens (tertiary/aromatic N) is 2. The molecule has 2 heterocycles. The Morgan fingerprint density at radius 3 is 3.06 bits per heavy atom. The summed E-state index contributed by atoms with van der Waals surface area (Å²) in [5.41, 5.74) is 1.22.